The number of halogens is 2. The highest BCUT2D eigenvalue weighted by Crippen LogP contribution is 2.38. The van der Waals surface area contributed by atoms with E-state index < -0.39 is 0 Å². The van der Waals surface area contributed by atoms with E-state index in [9.17, 15) is 0 Å². The molecule has 0 amide bonds. The van der Waals surface area contributed by atoms with Crippen LogP contribution in [0.4, 0.5) is 10.8 Å². The number of aromatic amines is 1. The van der Waals surface area contributed by atoms with Gasteiger partial charge in [0, 0.05) is 23.5 Å². The normalized spacial score (nSPS) is 11.1. The number of hydrogen-bond donors (Lipinski definition) is 1. The first-order chi connectivity index (χ1) is 11.7. The van der Waals surface area contributed by atoms with Gasteiger partial charge in [0.1, 0.15) is 5.69 Å². The van der Waals surface area contributed by atoms with Crippen molar-refractivity contribution in [2.75, 3.05) is 0 Å². The topological polar surface area (TPSA) is 45.4 Å². The number of nitrogens with one attached hydrogen (secondary N) is 1. The fourth-order valence-electron chi connectivity index (χ4n) is 2.62. The van der Waals surface area contributed by atoms with Crippen molar-refractivity contribution in [2.45, 2.75) is 0 Å². The molecule has 0 radical (unpaired) electrons. The second-order valence-corrected chi connectivity index (χ2v) is 7.78. The van der Waals surface area contributed by atoms with Crippen molar-refractivity contribution in [3.05, 3.63) is 64.6 Å². The van der Waals surface area contributed by atoms with Crippen molar-refractivity contribution < 1.29 is 12.4 Å². The van der Waals surface area contributed by atoms with Gasteiger partial charge in [-0.15, -0.1) is 5.11 Å². The zero-order chi connectivity index (χ0) is 16.5. The highest BCUT2D eigenvalue weighted by molar-refractivity contribution is 9.11. The Kier molecular flexibility index (Phi) is 5.32. The molecule has 2 aromatic carbocycles. The molecule has 0 bridgehead atoms. The van der Waals surface area contributed by atoms with Crippen LogP contribution in [0.3, 0.4) is 0 Å². The first kappa shape index (κ1) is 17.8. The quantitative estimate of drug-likeness (QED) is 0.378. The Bertz CT molecular complexity index is 1040. The molecule has 0 fully saturated rings. The van der Waals surface area contributed by atoms with Gasteiger partial charge in [0.25, 0.3) is 0 Å². The van der Waals surface area contributed by atoms with Crippen LogP contribution in [-0.4, -0.2) is 9.55 Å². The van der Waals surface area contributed by atoms with E-state index in [1.54, 1.807) is 11.3 Å². The van der Waals surface area contributed by atoms with Crippen molar-refractivity contribution >= 4 is 49.0 Å². The number of thiazole rings is 1. The van der Waals surface area contributed by atoms with Crippen LogP contribution in [0.2, 0.25) is 0 Å². The van der Waals surface area contributed by atoms with Gasteiger partial charge in [-0.3, -0.25) is 0 Å². The van der Waals surface area contributed by atoms with Gasteiger partial charge < -0.3 is 17.4 Å². The van der Waals surface area contributed by atoms with Gasteiger partial charge in [0.2, 0.25) is 3.79 Å². The Morgan fingerprint density at radius 1 is 1.08 bits per heavy atom. The summed E-state index contributed by atoms with van der Waals surface area (Å²) in [6.45, 7) is 0. The summed E-state index contributed by atoms with van der Waals surface area (Å²) in [6, 6.07) is 18.4. The summed E-state index contributed by atoms with van der Waals surface area (Å²) < 4.78 is 2.98. The van der Waals surface area contributed by atoms with Crippen LogP contribution in [0.1, 0.15) is 0 Å². The average molecular weight is 434 g/mol. The van der Waals surface area contributed by atoms with Gasteiger partial charge in [-0.2, -0.15) is 0 Å². The third-order valence-electron chi connectivity index (χ3n) is 3.76. The number of para-hydroxylation sites is 1. The van der Waals surface area contributed by atoms with E-state index in [0.717, 1.165) is 36.8 Å². The number of benzene rings is 2. The lowest BCUT2D eigenvalue weighted by atomic mass is 10.1. The molecule has 1 N–H and O–H groups in total. The first-order valence-corrected chi connectivity index (χ1v) is 9.06. The predicted octanol–water partition coefficient (Wildman–Crippen LogP) is 3.70. The highest BCUT2D eigenvalue weighted by Gasteiger charge is 2.15. The monoisotopic (exact) mass is 432 g/mol. The van der Waals surface area contributed by atoms with Gasteiger partial charge in [0.05, 0.1) is 33.0 Å². The van der Waals surface area contributed by atoms with E-state index in [0.29, 0.717) is 0 Å². The number of aryl methyl sites for hydroxylation is 1. The number of azo groups is 1. The Hall–Kier alpha value is -2.02. The van der Waals surface area contributed by atoms with Crippen molar-refractivity contribution in [3.8, 4) is 11.3 Å². The Morgan fingerprint density at radius 3 is 2.52 bits per heavy atom. The van der Waals surface area contributed by atoms with E-state index in [1.807, 2.05) is 48.1 Å². The summed E-state index contributed by atoms with van der Waals surface area (Å²) in [7, 11) is 1.96. The molecule has 4 aromatic rings. The maximum Gasteiger partial charge on any atom is 0.318 e. The Balaban J connectivity index is 0.00000182. The summed E-state index contributed by atoms with van der Waals surface area (Å²) in [6.07, 6.45) is 1.98. The molecule has 0 unspecified atom stereocenters. The molecule has 0 saturated heterocycles. The average Bonchev–Trinajstić information content (AvgIpc) is 3.13. The molecule has 0 atom stereocenters. The molecule has 0 aliphatic heterocycles. The van der Waals surface area contributed by atoms with Crippen LogP contribution in [0, 0.1) is 0 Å². The minimum Gasteiger partial charge on any atom is -1.00 e. The van der Waals surface area contributed by atoms with E-state index >= 15 is 0 Å². The molecular formula is C18H14BrClN4S. The number of fused-ring (bicyclic) bond motifs is 1. The molecule has 2 heterocycles. The number of aromatic nitrogens is 2. The third kappa shape index (κ3) is 3.51. The van der Waals surface area contributed by atoms with Crippen LogP contribution >= 0.6 is 27.3 Å². The molecule has 126 valence electrons. The fourth-order valence-corrected chi connectivity index (χ4v) is 4.03. The van der Waals surface area contributed by atoms with Crippen molar-refractivity contribution in [3.63, 3.8) is 0 Å². The molecule has 0 aliphatic carbocycles. The van der Waals surface area contributed by atoms with Crippen molar-refractivity contribution in [2.24, 2.45) is 17.3 Å². The van der Waals surface area contributed by atoms with Crippen LogP contribution in [0.15, 0.2) is 74.8 Å². The van der Waals surface area contributed by atoms with Crippen LogP contribution in [0.5, 0.6) is 0 Å². The standard InChI is InChI=1S/C18H14BrN4S.ClH/c1-23-11-15(19)24-18(23)22-21-17-13-9-5-6-10-14(13)20-16(17)12-7-3-2-4-8-12;/h2-11,20H,1H3;1H/q+1;/p-1. The highest BCUT2D eigenvalue weighted by atomic mass is 79.9. The summed E-state index contributed by atoms with van der Waals surface area (Å²) >= 11 is 5.03. The number of H-pyrrole nitrogens is 1. The minimum absolute atomic E-state index is 0. The Labute approximate surface area is 163 Å². The lowest BCUT2D eigenvalue weighted by Crippen LogP contribution is -3.00. The second-order valence-electron chi connectivity index (χ2n) is 5.39. The smallest absolute Gasteiger partial charge is 0.318 e. The van der Waals surface area contributed by atoms with E-state index in [-0.39, 0.29) is 12.4 Å². The molecule has 0 aliphatic rings. The van der Waals surface area contributed by atoms with Gasteiger partial charge in [-0.25, -0.2) is 4.57 Å². The first-order valence-electron chi connectivity index (χ1n) is 7.45. The van der Waals surface area contributed by atoms with Crippen LogP contribution in [0.25, 0.3) is 22.2 Å². The number of rotatable bonds is 3. The summed E-state index contributed by atoms with van der Waals surface area (Å²) in [5.41, 5.74) is 4.00. The van der Waals surface area contributed by atoms with Crippen molar-refractivity contribution in [1.29, 1.82) is 0 Å². The zero-order valence-corrected chi connectivity index (χ0v) is 16.4. The molecule has 0 spiro atoms. The number of nitrogens with zero attached hydrogens (tertiary/aromatic N) is 3. The summed E-state index contributed by atoms with van der Waals surface area (Å²) in [5, 5.41) is 10.9. The molecule has 25 heavy (non-hydrogen) atoms. The summed E-state index contributed by atoms with van der Waals surface area (Å²) in [5.74, 6) is 0. The fraction of sp³-hybridized carbons (Fsp3) is 0.0556. The predicted molar refractivity (Wildman–Crippen MR) is 103 cm³/mol. The van der Waals surface area contributed by atoms with Gasteiger partial charge in [-0.05, 0) is 11.2 Å². The van der Waals surface area contributed by atoms with E-state index in [4.69, 9.17) is 0 Å². The third-order valence-corrected chi connectivity index (χ3v) is 5.31. The van der Waals surface area contributed by atoms with Gasteiger partial charge in [-0.1, -0.05) is 48.5 Å². The maximum atomic E-state index is 4.58. The van der Waals surface area contributed by atoms with E-state index in [1.165, 1.54) is 0 Å². The second kappa shape index (κ2) is 7.47. The molecule has 2 aromatic heterocycles. The van der Waals surface area contributed by atoms with E-state index in [2.05, 4.69) is 55.4 Å². The lowest BCUT2D eigenvalue weighted by molar-refractivity contribution is -0.00000465. The Morgan fingerprint density at radius 2 is 1.80 bits per heavy atom. The lowest BCUT2D eigenvalue weighted by Gasteiger charge is -1.99. The number of hydrogen-bond acceptors (Lipinski definition) is 3. The largest absolute Gasteiger partial charge is 1.00 e. The van der Waals surface area contributed by atoms with Crippen LogP contribution in [-0.2, 0) is 7.05 Å². The molecule has 0 saturated carbocycles. The molecule has 7 heteroatoms. The zero-order valence-electron chi connectivity index (χ0n) is 13.3. The molecular weight excluding hydrogens is 420 g/mol. The van der Waals surface area contributed by atoms with Crippen LogP contribution < -0.4 is 12.4 Å². The minimum atomic E-state index is 0. The van der Waals surface area contributed by atoms with Crippen molar-refractivity contribution in [1.82, 2.24) is 9.55 Å². The van der Waals surface area contributed by atoms with Gasteiger partial charge in [0.15, 0.2) is 6.20 Å². The van der Waals surface area contributed by atoms with Gasteiger partial charge >= 0.3 is 5.13 Å². The SMILES string of the molecule is Cn1cc(Br)s[c+]1N=Nc1c(-c2ccccc2)[nH]c2ccccc12.[Cl-]. The maximum absolute atomic E-state index is 4.58. The molecule has 4 rings (SSSR count). The summed E-state index contributed by atoms with van der Waals surface area (Å²) in [4.78, 5) is 3.47. The molecule has 4 nitrogen and oxygen atoms in total.